The van der Waals surface area contributed by atoms with Gasteiger partial charge in [-0.2, -0.15) is 0 Å². The molecule has 1 saturated carbocycles. The maximum atomic E-state index is 6.23. The van der Waals surface area contributed by atoms with E-state index in [0.29, 0.717) is 12.0 Å². The standard InChI is InChI=1S/C17H20BrN3S/c18-13-3-1-2-11(6-13)17-20-14(10-22-17)8-21-7-12-4-5-16(19)15(12)9-21/h1-3,6,10,12,15-16H,4-5,7-9,19H2. The maximum Gasteiger partial charge on any atom is 0.123 e. The van der Waals surface area contributed by atoms with Crippen LogP contribution in [0.15, 0.2) is 34.1 Å². The summed E-state index contributed by atoms with van der Waals surface area (Å²) in [6.07, 6.45) is 2.52. The fourth-order valence-electron chi connectivity index (χ4n) is 3.89. The molecule has 0 radical (unpaired) electrons. The number of benzene rings is 1. The molecule has 0 amide bonds. The first-order valence-corrected chi connectivity index (χ1v) is 9.54. The largest absolute Gasteiger partial charge is 0.327 e. The molecule has 5 heteroatoms. The first-order valence-electron chi connectivity index (χ1n) is 7.87. The van der Waals surface area contributed by atoms with Crippen molar-refractivity contribution in [2.24, 2.45) is 17.6 Å². The number of hydrogen-bond acceptors (Lipinski definition) is 4. The summed E-state index contributed by atoms with van der Waals surface area (Å²) in [6.45, 7) is 3.31. The van der Waals surface area contributed by atoms with Crippen LogP contribution in [0.5, 0.6) is 0 Å². The second-order valence-electron chi connectivity index (χ2n) is 6.51. The minimum absolute atomic E-state index is 0.419. The van der Waals surface area contributed by atoms with E-state index >= 15 is 0 Å². The zero-order valence-corrected chi connectivity index (χ0v) is 14.8. The van der Waals surface area contributed by atoms with Gasteiger partial charge in [0.2, 0.25) is 0 Å². The molecule has 1 saturated heterocycles. The van der Waals surface area contributed by atoms with Crippen molar-refractivity contribution in [2.45, 2.75) is 25.4 Å². The molecule has 1 aliphatic carbocycles. The molecule has 1 aromatic heterocycles. The summed E-state index contributed by atoms with van der Waals surface area (Å²) < 4.78 is 1.10. The molecule has 2 aromatic rings. The van der Waals surface area contributed by atoms with Crippen molar-refractivity contribution in [1.29, 1.82) is 0 Å². The summed E-state index contributed by atoms with van der Waals surface area (Å²) in [6, 6.07) is 8.77. The van der Waals surface area contributed by atoms with Crippen LogP contribution < -0.4 is 5.73 Å². The molecule has 4 rings (SSSR count). The second kappa shape index (κ2) is 6.04. The van der Waals surface area contributed by atoms with Crippen LogP contribution in [0.1, 0.15) is 18.5 Å². The number of nitrogens with two attached hydrogens (primary N) is 1. The molecule has 3 nitrogen and oxygen atoms in total. The van der Waals surface area contributed by atoms with Crippen molar-refractivity contribution < 1.29 is 0 Å². The molecule has 22 heavy (non-hydrogen) atoms. The van der Waals surface area contributed by atoms with Crippen LogP contribution in [-0.2, 0) is 6.54 Å². The molecule has 1 aromatic carbocycles. The quantitative estimate of drug-likeness (QED) is 0.885. The zero-order chi connectivity index (χ0) is 15.1. The van der Waals surface area contributed by atoms with Gasteiger partial charge < -0.3 is 5.73 Å². The van der Waals surface area contributed by atoms with E-state index in [1.807, 2.05) is 6.07 Å². The highest BCUT2D eigenvalue weighted by molar-refractivity contribution is 9.10. The molecule has 3 atom stereocenters. The van der Waals surface area contributed by atoms with Gasteiger partial charge in [-0.15, -0.1) is 11.3 Å². The first kappa shape index (κ1) is 14.8. The molecule has 2 aliphatic rings. The van der Waals surface area contributed by atoms with Gasteiger partial charge in [-0.1, -0.05) is 28.1 Å². The van der Waals surface area contributed by atoms with Gasteiger partial charge in [0.1, 0.15) is 5.01 Å². The summed E-state index contributed by atoms with van der Waals surface area (Å²) in [5.74, 6) is 1.53. The van der Waals surface area contributed by atoms with E-state index in [-0.39, 0.29) is 0 Å². The predicted molar refractivity (Wildman–Crippen MR) is 94.7 cm³/mol. The Morgan fingerprint density at radius 3 is 3.05 bits per heavy atom. The molecule has 2 heterocycles. The molecule has 2 N–H and O–H groups in total. The average molecular weight is 378 g/mol. The summed E-state index contributed by atoms with van der Waals surface area (Å²) >= 11 is 5.26. The third-order valence-electron chi connectivity index (χ3n) is 5.00. The van der Waals surface area contributed by atoms with Gasteiger partial charge >= 0.3 is 0 Å². The average Bonchev–Trinajstić information content (AvgIpc) is 3.18. The number of likely N-dealkylation sites (tertiary alicyclic amines) is 1. The monoisotopic (exact) mass is 377 g/mol. The highest BCUT2D eigenvalue weighted by Crippen LogP contribution is 2.37. The molecule has 0 bridgehead atoms. The summed E-state index contributed by atoms with van der Waals surface area (Å²) in [4.78, 5) is 7.36. The van der Waals surface area contributed by atoms with Crippen molar-refractivity contribution in [3.8, 4) is 10.6 Å². The molecule has 0 spiro atoms. The maximum absolute atomic E-state index is 6.23. The third-order valence-corrected chi connectivity index (χ3v) is 6.43. The Morgan fingerprint density at radius 1 is 1.32 bits per heavy atom. The fraction of sp³-hybridized carbons (Fsp3) is 0.471. The second-order valence-corrected chi connectivity index (χ2v) is 8.29. The van der Waals surface area contributed by atoms with Crippen LogP contribution in [0.2, 0.25) is 0 Å². The Hall–Kier alpha value is -0.750. The zero-order valence-electron chi connectivity index (χ0n) is 12.4. The topological polar surface area (TPSA) is 42.1 Å². The Kier molecular flexibility index (Phi) is 4.07. The SMILES string of the molecule is NC1CCC2CN(Cc3csc(-c4cccc(Br)c4)n3)CC12. The Labute approximate surface area is 143 Å². The number of aromatic nitrogens is 1. The lowest BCUT2D eigenvalue weighted by molar-refractivity contribution is 0.295. The van der Waals surface area contributed by atoms with Crippen molar-refractivity contribution in [2.75, 3.05) is 13.1 Å². The van der Waals surface area contributed by atoms with Crippen LogP contribution in [0.3, 0.4) is 0 Å². The predicted octanol–water partition coefficient (Wildman–Crippen LogP) is 3.74. The molecular formula is C17H20BrN3S. The lowest BCUT2D eigenvalue weighted by atomic mass is 9.98. The van der Waals surface area contributed by atoms with E-state index in [9.17, 15) is 0 Å². The van der Waals surface area contributed by atoms with E-state index in [4.69, 9.17) is 10.7 Å². The van der Waals surface area contributed by atoms with Gasteiger partial charge in [-0.05, 0) is 36.8 Å². The van der Waals surface area contributed by atoms with Gasteiger partial charge in [0.15, 0.2) is 0 Å². The van der Waals surface area contributed by atoms with E-state index in [1.54, 1.807) is 11.3 Å². The minimum atomic E-state index is 0.419. The van der Waals surface area contributed by atoms with Gasteiger partial charge in [0.05, 0.1) is 5.69 Å². The number of nitrogens with zero attached hydrogens (tertiary/aromatic N) is 2. The lowest BCUT2D eigenvalue weighted by Crippen LogP contribution is -2.30. The van der Waals surface area contributed by atoms with Gasteiger partial charge in [-0.3, -0.25) is 4.90 Å². The van der Waals surface area contributed by atoms with Crippen LogP contribution in [0, 0.1) is 11.8 Å². The number of halogens is 1. The Morgan fingerprint density at radius 2 is 2.23 bits per heavy atom. The highest BCUT2D eigenvalue weighted by atomic mass is 79.9. The van der Waals surface area contributed by atoms with Crippen LogP contribution >= 0.6 is 27.3 Å². The number of rotatable bonds is 3. The normalized spacial score (nSPS) is 28.2. The molecular weight excluding hydrogens is 358 g/mol. The number of hydrogen-bond donors (Lipinski definition) is 1. The summed E-state index contributed by atoms with van der Waals surface area (Å²) in [5.41, 5.74) is 8.60. The van der Waals surface area contributed by atoms with E-state index in [0.717, 1.165) is 28.5 Å². The van der Waals surface area contributed by atoms with E-state index in [2.05, 4.69) is 44.4 Å². The van der Waals surface area contributed by atoms with E-state index < -0.39 is 0 Å². The highest BCUT2D eigenvalue weighted by Gasteiger charge is 2.40. The van der Waals surface area contributed by atoms with Crippen molar-refractivity contribution in [3.05, 3.63) is 39.8 Å². The van der Waals surface area contributed by atoms with Crippen LogP contribution in [0.4, 0.5) is 0 Å². The van der Waals surface area contributed by atoms with Gasteiger partial charge in [0, 0.05) is 41.1 Å². The summed E-state index contributed by atoms with van der Waals surface area (Å²) in [5, 5.41) is 3.30. The fourth-order valence-corrected chi connectivity index (χ4v) is 5.10. The van der Waals surface area contributed by atoms with Crippen molar-refractivity contribution in [1.82, 2.24) is 9.88 Å². The van der Waals surface area contributed by atoms with Crippen LogP contribution in [-0.4, -0.2) is 29.0 Å². The summed E-state index contributed by atoms with van der Waals surface area (Å²) in [7, 11) is 0. The molecule has 3 unspecified atom stereocenters. The number of fused-ring (bicyclic) bond motifs is 1. The molecule has 1 aliphatic heterocycles. The lowest BCUT2D eigenvalue weighted by Gasteiger charge is -2.17. The van der Waals surface area contributed by atoms with Gasteiger partial charge in [0.25, 0.3) is 0 Å². The Bertz CT molecular complexity index is 671. The number of thiazole rings is 1. The molecule has 2 fully saturated rings. The minimum Gasteiger partial charge on any atom is -0.327 e. The Balaban J connectivity index is 1.45. The van der Waals surface area contributed by atoms with Gasteiger partial charge in [-0.25, -0.2) is 4.98 Å². The molecule has 116 valence electrons. The first-order chi connectivity index (χ1) is 10.7. The smallest absolute Gasteiger partial charge is 0.123 e. The van der Waals surface area contributed by atoms with Crippen LogP contribution in [0.25, 0.3) is 10.6 Å². The van der Waals surface area contributed by atoms with E-state index in [1.165, 1.54) is 30.6 Å². The third kappa shape index (κ3) is 2.87. The van der Waals surface area contributed by atoms with Crippen molar-refractivity contribution in [3.63, 3.8) is 0 Å². The van der Waals surface area contributed by atoms with Crippen molar-refractivity contribution >= 4 is 27.3 Å².